The van der Waals surface area contributed by atoms with Crippen molar-refractivity contribution in [3.8, 4) is 0 Å². The Morgan fingerprint density at radius 3 is 1.50 bits per heavy atom. The molecule has 0 N–H and O–H groups in total. The van der Waals surface area contributed by atoms with Crippen molar-refractivity contribution in [3.63, 3.8) is 0 Å². The van der Waals surface area contributed by atoms with Crippen molar-refractivity contribution in [3.05, 3.63) is 69.9 Å². The van der Waals surface area contributed by atoms with Crippen molar-refractivity contribution in [2.45, 2.75) is 125 Å². The highest BCUT2D eigenvalue weighted by Gasteiger charge is 2.49. The molecule has 2 aromatic carbocycles. The van der Waals surface area contributed by atoms with Crippen molar-refractivity contribution in [2.75, 3.05) is 0 Å². The first-order chi connectivity index (χ1) is 16.3. The third kappa shape index (κ3) is 5.26. The topological polar surface area (TPSA) is 15.6 Å². The Morgan fingerprint density at radius 1 is 0.694 bits per heavy atom. The highest BCUT2D eigenvalue weighted by atomic mass is 31.2. The standard InChI is InChI=1S/C33H51N2P/c1-22(2)35(23(3)4)30-24(5)36(30,26-18-16-15-17-19-26)34-29-27(32(9,10)11)20-25(31(6,7)8)21-28(29)33(12,13)14/h15-23H,1-14H3/t36-/m0/s1. The number of nitrogens with zero attached hydrogens (tertiary/aromatic N) is 2. The summed E-state index contributed by atoms with van der Waals surface area (Å²) in [6.07, 6.45) is 0. The average molecular weight is 507 g/mol. The number of hydrogen-bond donors (Lipinski definition) is 0. The second-order valence-electron chi connectivity index (χ2n) is 14.2. The van der Waals surface area contributed by atoms with Gasteiger partial charge in [-0.15, -0.1) is 0 Å². The monoisotopic (exact) mass is 506 g/mol. The van der Waals surface area contributed by atoms with E-state index in [1.54, 1.807) is 0 Å². The zero-order chi connectivity index (χ0) is 27.4. The maximum Gasteiger partial charge on any atom is 0.0749 e. The maximum atomic E-state index is 5.97. The minimum Gasteiger partial charge on any atom is -0.364 e. The molecule has 36 heavy (non-hydrogen) atoms. The molecule has 0 saturated carbocycles. The highest BCUT2D eigenvalue weighted by molar-refractivity contribution is 7.88. The number of hydrogen-bond acceptors (Lipinski definition) is 2. The Labute approximate surface area is 222 Å². The first-order valence-electron chi connectivity index (χ1n) is 13.7. The molecule has 0 spiro atoms. The van der Waals surface area contributed by atoms with Crippen molar-refractivity contribution < 1.29 is 0 Å². The molecule has 198 valence electrons. The minimum absolute atomic E-state index is 0.0133. The maximum absolute atomic E-state index is 5.97. The van der Waals surface area contributed by atoms with Crippen molar-refractivity contribution >= 4 is 18.0 Å². The highest BCUT2D eigenvalue weighted by Crippen LogP contribution is 2.80. The predicted molar refractivity (Wildman–Crippen MR) is 162 cm³/mol. The van der Waals surface area contributed by atoms with E-state index in [-0.39, 0.29) is 16.2 Å². The van der Waals surface area contributed by atoms with Gasteiger partial charge in [-0.1, -0.05) is 105 Å². The lowest BCUT2D eigenvalue weighted by Crippen LogP contribution is -2.33. The van der Waals surface area contributed by atoms with E-state index in [2.05, 4.69) is 144 Å². The molecular formula is C33H51N2P. The van der Waals surface area contributed by atoms with Gasteiger partial charge >= 0.3 is 0 Å². The molecule has 2 aromatic rings. The zero-order valence-corrected chi connectivity index (χ0v) is 26.4. The Hall–Kier alpha value is -1.79. The lowest BCUT2D eigenvalue weighted by molar-refractivity contribution is 0.251. The molecule has 0 bridgehead atoms. The third-order valence-corrected chi connectivity index (χ3v) is 11.1. The predicted octanol–water partition coefficient (Wildman–Crippen LogP) is 10.1. The zero-order valence-electron chi connectivity index (χ0n) is 25.5. The molecule has 1 aliphatic rings. The summed E-state index contributed by atoms with van der Waals surface area (Å²) in [4.78, 5) is 2.62. The van der Waals surface area contributed by atoms with E-state index in [0.717, 1.165) is 0 Å². The van der Waals surface area contributed by atoms with Gasteiger partial charge in [-0.25, -0.2) is 0 Å². The summed E-state index contributed by atoms with van der Waals surface area (Å²) in [6.45, 7) is 32.6. The first-order valence-corrected chi connectivity index (χ1v) is 15.5. The van der Waals surface area contributed by atoms with Crippen LogP contribution in [-0.4, -0.2) is 17.0 Å². The van der Waals surface area contributed by atoms with Gasteiger partial charge in [0, 0.05) is 22.7 Å². The second-order valence-corrected chi connectivity index (χ2v) is 17.3. The van der Waals surface area contributed by atoms with Gasteiger partial charge in [0.2, 0.25) is 0 Å². The SMILES string of the molecule is CC1=C(N(C(C)C)C(C)C)[P@@]1(=Nc1c(C(C)(C)C)cc(C(C)(C)C)cc1C(C)(C)C)c1ccccc1. The van der Waals surface area contributed by atoms with Crippen LogP contribution in [0.5, 0.6) is 0 Å². The van der Waals surface area contributed by atoms with Crippen LogP contribution in [0.25, 0.3) is 0 Å². The lowest BCUT2D eigenvalue weighted by Gasteiger charge is -2.34. The fourth-order valence-electron chi connectivity index (χ4n) is 5.38. The van der Waals surface area contributed by atoms with Crippen LogP contribution < -0.4 is 5.30 Å². The molecule has 1 aliphatic heterocycles. The average Bonchev–Trinajstić information content (AvgIpc) is 3.29. The van der Waals surface area contributed by atoms with Crippen LogP contribution >= 0.6 is 7.05 Å². The van der Waals surface area contributed by atoms with Crippen LogP contribution in [0.3, 0.4) is 0 Å². The van der Waals surface area contributed by atoms with Gasteiger partial charge in [-0.3, -0.25) is 4.74 Å². The number of allylic oxidation sites excluding steroid dienone is 1. The van der Waals surface area contributed by atoms with E-state index >= 15 is 0 Å². The Kier molecular flexibility index (Phi) is 7.60. The Bertz CT molecular complexity index is 1150. The van der Waals surface area contributed by atoms with Gasteiger partial charge in [0.05, 0.1) is 18.2 Å². The smallest absolute Gasteiger partial charge is 0.0749 e. The van der Waals surface area contributed by atoms with Gasteiger partial charge < -0.3 is 4.90 Å². The van der Waals surface area contributed by atoms with Crippen LogP contribution in [0.15, 0.2) is 58.0 Å². The molecule has 0 unspecified atom stereocenters. The molecular weight excluding hydrogens is 455 g/mol. The quantitative estimate of drug-likeness (QED) is 0.368. The van der Waals surface area contributed by atoms with E-state index < -0.39 is 7.05 Å². The van der Waals surface area contributed by atoms with Crippen molar-refractivity contribution in [1.82, 2.24) is 4.90 Å². The van der Waals surface area contributed by atoms with E-state index in [9.17, 15) is 0 Å². The van der Waals surface area contributed by atoms with E-state index in [0.29, 0.717) is 12.1 Å². The Morgan fingerprint density at radius 2 is 1.14 bits per heavy atom. The molecule has 0 aliphatic carbocycles. The fourth-order valence-corrected chi connectivity index (χ4v) is 9.35. The summed E-state index contributed by atoms with van der Waals surface area (Å²) < 4.78 is 5.97. The Balaban J connectivity index is 2.49. The van der Waals surface area contributed by atoms with Crippen LogP contribution in [0.1, 0.15) is 114 Å². The van der Waals surface area contributed by atoms with Crippen LogP contribution in [0.4, 0.5) is 5.69 Å². The largest absolute Gasteiger partial charge is 0.364 e. The summed E-state index contributed by atoms with van der Waals surface area (Å²) >= 11 is 0. The molecule has 3 rings (SSSR count). The first kappa shape index (κ1) is 28.8. The molecule has 0 aromatic heterocycles. The molecule has 0 saturated heterocycles. The van der Waals surface area contributed by atoms with Crippen LogP contribution in [-0.2, 0) is 16.2 Å². The van der Waals surface area contributed by atoms with E-state index in [1.165, 1.54) is 38.4 Å². The number of benzene rings is 2. The molecule has 1 atom stereocenters. The molecule has 2 nitrogen and oxygen atoms in total. The van der Waals surface area contributed by atoms with Gasteiger partial charge in [-0.2, -0.15) is 0 Å². The summed E-state index contributed by atoms with van der Waals surface area (Å²) in [5.41, 5.74) is 6.90. The number of rotatable bonds is 5. The van der Waals surface area contributed by atoms with Crippen molar-refractivity contribution in [1.29, 1.82) is 0 Å². The van der Waals surface area contributed by atoms with Crippen LogP contribution in [0.2, 0.25) is 0 Å². The molecule has 3 heteroatoms. The third-order valence-electron chi connectivity index (χ3n) is 7.39. The minimum atomic E-state index is -2.00. The van der Waals surface area contributed by atoms with Gasteiger partial charge in [0.1, 0.15) is 0 Å². The summed E-state index contributed by atoms with van der Waals surface area (Å²) in [6, 6.07) is 16.9. The van der Waals surface area contributed by atoms with Gasteiger partial charge in [0.25, 0.3) is 0 Å². The molecule has 0 fully saturated rings. The second kappa shape index (κ2) is 9.50. The fraction of sp³-hybridized carbons (Fsp3) is 0.576. The summed E-state index contributed by atoms with van der Waals surface area (Å²) in [7, 11) is -2.00. The van der Waals surface area contributed by atoms with Crippen LogP contribution in [0, 0.1) is 0 Å². The summed E-state index contributed by atoms with van der Waals surface area (Å²) in [5, 5.41) is 2.86. The van der Waals surface area contributed by atoms with E-state index in [4.69, 9.17) is 4.74 Å². The molecule has 1 heterocycles. The van der Waals surface area contributed by atoms with Gasteiger partial charge in [0.15, 0.2) is 0 Å². The lowest BCUT2D eigenvalue weighted by atomic mass is 9.74. The molecule has 0 amide bonds. The van der Waals surface area contributed by atoms with Gasteiger partial charge in [-0.05, 0) is 67.6 Å². The molecule has 0 radical (unpaired) electrons. The van der Waals surface area contributed by atoms with Crippen molar-refractivity contribution in [2.24, 2.45) is 4.74 Å². The van der Waals surface area contributed by atoms with E-state index in [1.807, 2.05) is 0 Å². The summed E-state index contributed by atoms with van der Waals surface area (Å²) in [5.74, 6) is 0. The normalized spacial score (nSPS) is 18.8.